The molecular formula is C18H29N3. The van der Waals surface area contributed by atoms with Gasteiger partial charge in [-0.15, -0.1) is 0 Å². The van der Waals surface area contributed by atoms with Gasteiger partial charge in [0.15, 0.2) is 0 Å². The molecule has 1 aromatic rings. The number of nitrogens with zero attached hydrogens (tertiary/aromatic N) is 2. The second-order valence-electron chi connectivity index (χ2n) is 6.96. The third-order valence-corrected chi connectivity index (χ3v) is 4.92. The monoisotopic (exact) mass is 287 g/mol. The Bertz CT molecular complexity index is 462. The number of rotatable bonds is 4. The number of likely N-dealkylation sites (tertiary alicyclic amines) is 1. The van der Waals surface area contributed by atoms with Gasteiger partial charge in [0.2, 0.25) is 0 Å². The number of piperidine rings is 1. The van der Waals surface area contributed by atoms with Crippen LogP contribution in [0.1, 0.15) is 30.4 Å². The second kappa shape index (κ2) is 6.80. The van der Waals surface area contributed by atoms with E-state index in [2.05, 4.69) is 47.4 Å². The number of anilines is 1. The van der Waals surface area contributed by atoms with Crippen LogP contribution in [0.3, 0.4) is 0 Å². The first-order chi connectivity index (χ1) is 10.2. The maximum Gasteiger partial charge on any atom is 0.0375 e. The Balaban J connectivity index is 1.58. The van der Waals surface area contributed by atoms with Crippen LogP contribution in [-0.4, -0.2) is 50.1 Å². The van der Waals surface area contributed by atoms with Gasteiger partial charge in [-0.25, -0.2) is 0 Å². The zero-order chi connectivity index (χ0) is 14.7. The fraction of sp³-hybridized carbons (Fsp3) is 0.667. The number of fused-ring (bicyclic) bond motifs is 1. The SMILES string of the molecule is CN(C)CC1CCN(Cc2cccc3c2CCCN3)CC1. The third kappa shape index (κ3) is 3.78. The van der Waals surface area contributed by atoms with E-state index in [9.17, 15) is 0 Å². The molecule has 2 heterocycles. The Labute approximate surface area is 129 Å². The summed E-state index contributed by atoms with van der Waals surface area (Å²) in [6.07, 6.45) is 5.22. The van der Waals surface area contributed by atoms with Gasteiger partial charge < -0.3 is 10.2 Å². The molecule has 0 bridgehead atoms. The van der Waals surface area contributed by atoms with Crippen LogP contribution in [0.15, 0.2) is 18.2 Å². The minimum absolute atomic E-state index is 0.891. The van der Waals surface area contributed by atoms with Gasteiger partial charge in [0.25, 0.3) is 0 Å². The maximum atomic E-state index is 3.54. The molecule has 2 aliphatic rings. The van der Waals surface area contributed by atoms with Crippen LogP contribution in [0, 0.1) is 5.92 Å². The summed E-state index contributed by atoms with van der Waals surface area (Å²) in [7, 11) is 4.38. The van der Waals surface area contributed by atoms with Crippen molar-refractivity contribution in [2.45, 2.75) is 32.2 Å². The molecule has 3 heteroatoms. The molecule has 2 aliphatic heterocycles. The van der Waals surface area contributed by atoms with Crippen LogP contribution in [-0.2, 0) is 13.0 Å². The number of nitrogens with one attached hydrogen (secondary N) is 1. The van der Waals surface area contributed by atoms with Crippen molar-refractivity contribution in [1.29, 1.82) is 0 Å². The lowest BCUT2D eigenvalue weighted by Crippen LogP contribution is -2.37. The molecule has 116 valence electrons. The molecular weight excluding hydrogens is 258 g/mol. The van der Waals surface area contributed by atoms with E-state index in [1.807, 2.05) is 0 Å². The molecule has 1 N–H and O–H groups in total. The van der Waals surface area contributed by atoms with E-state index in [0.29, 0.717) is 0 Å². The smallest absolute Gasteiger partial charge is 0.0375 e. The molecule has 0 unspecified atom stereocenters. The Morgan fingerprint density at radius 1 is 1.24 bits per heavy atom. The fourth-order valence-corrected chi connectivity index (χ4v) is 3.82. The van der Waals surface area contributed by atoms with Gasteiger partial charge in [-0.1, -0.05) is 12.1 Å². The summed E-state index contributed by atoms with van der Waals surface area (Å²) in [5.41, 5.74) is 4.49. The third-order valence-electron chi connectivity index (χ3n) is 4.92. The van der Waals surface area contributed by atoms with Crippen LogP contribution in [0.4, 0.5) is 5.69 Å². The van der Waals surface area contributed by atoms with Gasteiger partial charge in [-0.3, -0.25) is 4.90 Å². The standard InChI is InChI=1S/C18H29N3/c1-20(2)13-15-8-11-21(12-9-15)14-16-5-3-7-18-17(16)6-4-10-19-18/h3,5,7,15,19H,4,6,8-14H2,1-2H3. The Morgan fingerprint density at radius 3 is 2.81 bits per heavy atom. The highest BCUT2D eigenvalue weighted by Crippen LogP contribution is 2.27. The van der Waals surface area contributed by atoms with Crippen LogP contribution >= 0.6 is 0 Å². The highest BCUT2D eigenvalue weighted by molar-refractivity contribution is 5.56. The van der Waals surface area contributed by atoms with E-state index in [1.54, 1.807) is 11.1 Å². The molecule has 21 heavy (non-hydrogen) atoms. The Hall–Kier alpha value is -1.06. The first-order valence-electron chi connectivity index (χ1n) is 8.44. The van der Waals surface area contributed by atoms with Gasteiger partial charge >= 0.3 is 0 Å². The summed E-state index contributed by atoms with van der Waals surface area (Å²) in [6.45, 7) is 6.04. The Morgan fingerprint density at radius 2 is 2.05 bits per heavy atom. The van der Waals surface area contributed by atoms with E-state index in [1.165, 1.54) is 51.0 Å². The molecule has 0 amide bonds. The lowest BCUT2D eigenvalue weighted by Gasteiger charge is -2.34. The summed E-state index contributed by atoms with van der Waals surface area (Å²) in [6, 6.07) is 6.78. The quantitative estimate of drug-likeness (QED) is 0.918. The summed E-state index contributed by atoms with van der Waals surface area (Å²) >= 11 is 0. The summed E-state index contributed by atoms with van der Waals surface area (Å²) in [5.74, 6) is 0.891. The zero-order valence-corrected chi connectivity index (χ0v) is 13.6. The van der Waals surface area contributed by atoms with Crippen molar-refractivity contribution >= 4 is 5.69 Å². The van der Waals surface area contributed by atoms with Gasteiger partial charge in [0.1, 0.15) is 0 Å². The van der Waals surface area contributed by atoms with Crippen molar-refractivity contribution in [2.24, 2.45) is 5.92 Å². The minimum Gasteiger partial charge on any atom is -0.385 e. The predicted octanol–water partition coefficient (Wildman–Crippen LogP) is 2.82. The zero-order valence-electron chi connectivity index (χ0n) is 13.6. The molecule has 3 nitrogen and oxygen atoms in total. The highest BCUT2D eigenvalue weighted by Gasteiger charge is 2.21. The van der Waals surface area contributed by atoms with E-state index in [-0.39, 0.29) is 0 Å². The van der Waals surface area contributed by atoms with Crippen molar-refractivity contribution in [3.63, 3.8) is 0 Å². The van der Waals surface area contributed by atoms with Crippen molar-refractivity contribution in [1.82, 2.24) is 9.80 Å². The van der Waals surface area contributed by atoms with E-state index in [4.69, 9.17) is 0 Å². The number of benzene rings is 1. The molecule has 1 fully saturated rings. The lowest BCUT2D eigenvalue weighted by atomic mass is 9.94. The molecule has 0 atom stereocenters. The molecule has 0 aliphatic carbocycles. The summed E-state index contributed by atoms with van der Waals surface area (Å²) in [5, 5.41) is 3.54. The molecule has 3 rings (SSSR count). The maximum absolute atomic E-state index is 3.54. The van der Waals surface area contributed by atoms with Crippen LogP contribution < -0.4 is 5.32 Å². The first kappa shape index (κ1) is 14.9. The predicted molar refractivity (Wildman–Crippen MR) is 89.8 cm³/mol. The summed E-state index contributed by atoms with van der Waals surface area (Å²) < 4.78 is 0. The molecule has 0 saturated carbocycles. The second-order valence-corrected chi connectivity index (χ2v) is 6.96. The average molecular weight is 287 g/mol. The van der Waals surface area contributed by atoms with Gasteiger partial charge in [-0.2, -0.15) is 0 Å². The van der Waals surface area contributed by atoms with E-state index in [0.717, 1.165) is 19.0 Å². The first-order valence-corrected chi connectivity index (χ1v) is 8.44. The largest absolute Gasteiger partial charge is 0.385 e. The topological polar surface area (TPSA) is 18.5 Å². The molecule has 0 spiro atoms. The van der Waals surface area contributed by atoms with Crippen molar-refractivity contribution in [2.75, 3.05) is 45.6 Å². The van der Waals surface area contributed by atoms with Crippen molar-refractivity contribution in [3.05, 3.63) is 29.3 Å². The molecule has 0 radical (unpaired) electrons. The molecule has 0 aromatic heterocycles. The average Bonchev–Trinajstić information content (AvgIpc) is 2.49. The van der Waals surface area contributed by atoms with Crippen LogP contribution in [0.25, 0.3) is 0 Å². The minimum atomic E-state index is 0.891. The van der Waals surface area contributed by atoms with Crippen molar-refractivity contribution < 1.29 is 0 Å². The Kier molecular flexibility index (Phi) is 4.81. The summed E-state index contributed by atoms with van der Waals surface area (Å²) in [4.78, 5) is 4.98. The van der Waals surface area contributed by atoms with Gasteiger partial charge in [-0.05, 0) is 76.0 Å². The van der Waals surface area contributed by atoms with Gasteiger partial charge in [0.05, 0.1) is 0 Å². The van der Waals surface area contributed by atoms with Crippen LogP contribution in [0.2, 0.25) is 0 Å². The molecule has 1 saturated heterocycles. The normalized spacial score (nSPS) is 20.3. The number of hydrogen-bond donors (Lipinski definition) is 1. The van der Waals surface area contributed by atoms with Gasteiger partial charge in [0, 0.05) is 25.3 Å². The lowest BCUT2D eigenvalue weighted by molar-refractivity contribution is 0.156. The van der Waals surface area contributed by atoms with E-state index < -0.39 is 0 Å². The fourth-order valence-electron chi connectivity index (χ4n) is 3.82. The molecule has 1 aromatic carbocycles. The van der Waals surface area contributed by atoms with Crippen LogP contribution in [0.5, 0.6) is 0 Å². The highest BCUT2D eigenvalue weighted by atomic mass is 15.1. The number of hydrogen-bond acceptors (Lipinski definition) is 3. The van der Waals surface area contributed by atoms with Crippen molar-refractivity contribution in [3.8, 4) is 0 Å². The van der Waals surface area contributed by atoms with E-state index >= 15 is 0 Å².